The number of methoxy groups -OCH3 is 1. The summed E-state index contributed by atoms with van der Waals surface area (Å²) in [4.78, 5) is 0. The lowest BCUT2D eigenvalue weighted by atomic mass is 10.2. The first kappa shape index (κ1) is 12.5. The van der Waals surface area contributed by atoms with Gasteiger partial charge in [-0.3, -0.25) is 9.11 Å². The smallest absolute Gasteiger partial charge is 0.0624 e. The average Bonchev–Trinajstić information content (AvgIpc) is 2.18. The summed E-state index contributed by atoms with van der Waals surface area (Å²) in [5.41, 5.74) is 0.968. The maximum atomic E-state index is 9.78. The molecule has 2 N–H and O–H groups in total. The second-order valence-corrected chi connectivity index (χ2v) is 5.78. The Morgan fingerprint density at radius 3 is 2.47 bits per heavy atom. The highest BCUT2D eigenvalue weighted by Gasteiger charge is 2.12. The second-order valence-electron chi connectivity index (χ2n) is 3.48. The molecule has 0 bridgehead atoms. The quantitative estimate of drug-likeness (QED) is 0.739. The van der Waals surface area contributed by atoms with Crippen molar-refractivity contribution < 1.29 is 13.8 Å². The fourth-order valence-corrected chi connectivity index (χ4v) is 2.80. The number of rotatable bonds is 6. The third kappa shape index (κ3) is 5.18. The van der Waals surface area contributed by atoms with Gasteiger partial charge < -0.3 is 4.74 Å². The van der Waals surface area contributed by atoms with Gasteiger partial charge in [-0.05, 0) is 12.0 Å². The molecule has 0 saturated heterocycles. The molecule has 1 aromatic rings. The van der Waals surface area contributed by atoms with Gasteiger partial charge in [-0.2, -0.15) is 10.6 Å². The zero-order chi connectivity index (χ0) is 11.1. The minimum absolute atomic E-state index is 0.345. The molecule has 0 aromatic heterocycles. The molecule has 0 saturated carbocycles. The van der Waals surface area contributed by atoms with E-state index in [4.69, 9.17) is 4.74 Å². The standard InChI is InChI=1S/C11H18O3S/c1-14-8-5-9-15(12,13)10-11-6-3-2-4-7-11/h2-4,6-7,12-13H,5,8-10H2,1H3. The summed E-state index contributed by atoms with van der Waals surface area (Å²) in [5, 5.41) is 0. The van der Waals surface area contributed by atoms with Gasteiger partial charge >= 0.3 is 0 Å². The minimum Gasteiger partial charge on any atom is -0.385 e. The van der Waals surface area contributed by atoms with E-state index in [0.717, 1.165) is 5.56 Å². The predicted molar refractivity (Wildman–Crippen MR) is 64.4 cm³/mol. The van der Waals surface area contributed by atoms with Crippen LogP contribution in [0.3, 0.4) is 0 Å². The van der Waals surface area contributed by atoms with E-state index >= 15 is 0 Å². The van der Waals surface area contributed by atoms with E-state index in [0.29, 0.717) is 24.5 Å². The molecule has 0 fully saturated rings. The summed E-state index contributed by atoms with van der Waals surface area (Å²) in [6.07, 6.45) is 0.686. The molecule has 1 aromatic carbocycles. The van der Waals surface area contributed by atoms with Gasteiger partial charge in [0.15, 0.2) is 0 Å². The van der Waals surface area contributed by atoms with Crippen LogP contribution in [-0.2, 0) is 10.5 Å². The van der Waals surface area contributed by atoms with Crippen molar-refractivity contribution in [3.63, 3.8) is 0 Å². The molecule has 3 nitrogen and oxygen atoms in total. The minimum atomic E-state index is -2.49. The fraction of sp³-hybridized carbons (Fsp3) is 0.455. The Morgan fingerprint density at radius 2 is 1.87 bits per heavy atom. The van der Waals surface area contributed by atoms with Crippen LogP contribution in [-0.4, -0.2) is 28.6 Å². The highest BCUT2D eigenvalue weighted by molar-refractivity contribution is 8.23. The van der Waals surface area contributed by atoms with Gasteiger partial charge in [0, 0.05) is 19.5 Å². The topological polar surface area (TPSA) is 49.7 Å². The SMILES string of the molecule is COCCCS(O)(O)Cc1ccccc1. The Morgan fingerprint density at radius 1 is 1.20 bits per heavy atom. The van der Waals surface area contributed by atoms with Gasteiger partial charge in [-0.25, -0.2) is 0 Å². The molecule has 0 unspecified atom stereocenters. The Labute approximate surface area is 92.4 Å². The van der Waals surface area contributed by atoms with Crippen molar-refractivity contribution in [3.8, 4) is 0 Å². The van der Waals surface area contributed by atoms with Crippen molar-refractivity contribution in [2.45, 2.75) is 12.2 Å². The lowest BCUT2D eigenvalue weighted by molar-refractivity contribution is 0.199. The molecule has 0 aliphatic heterocycles. The highest BCUT2D eigenvalue weighted by Crippen LogP contribution is 2.42. The molecular formula is C11H18O3S. The zero-order valence-electron chi connectivity index (χ0n) is 8.93. The summed E-state index contributed by atoms with van der Waals surface area (Å²) in [6.45, 7) is 0.574. The lowest BCUT2D eigenvalue weighted by Gasteiger charge is -2.32. The second kappa shape index (κ2) is 6.12. The van der Waals surface area contributed by atoms with Crippen LogP contribution in [0.25, 0.3) is 0 Å². The van der Waals surface area contributed by atoms with Crippen molar-refractivity contribution in [3.05, 3.63) is 35.9 Å². The van der Waals surface area contributed by atoms with Crippen LogP contribution in [0.4, 0.5) is 0 Å². The van der Waals surface area contributed by atoms with E-state index < -0.39 is 10.6 Å². The first-order valence-corrected chi connectivity index (χ1v) is 6.79. The van der Waals surface area contributed by atoms with Gasteiger partial charge in [0.2, 0.25) is 0 Å². The average molecular weight is 230 g/mol. The molecule has 0 aliphatic rings. The van der Waals surface area contributed by atoms with Crippen LogP contribution >= 0.6 is 10.6 Å². The van der Waals surface area contributed by atoms with Crippen molar-refractivity contribution in [1.82, 2.24) is 0 Å². The summed E-state index contributed by atoms with van der Waals surface area (Å²) in [7, 11) is -0.873. The molecule has 0 radical (unpaired) electrons. The van der Waals surface area contributed by atoms with E-state index in [-0.39, 0.29) is 0 Å². The molecule has 0 spiro atoms. The van der Waals surface area contributed by atoms with E-state index in [1.165, 1.54) is 0 Å². The van der Waals surface area contributed by atoms with Gasteiger partial charge in [-0.1, -0.05) is 30.3 Å². The van der Waals surface area contributed by atoms with Crippen molar-refractivity contribution >= 4 is 10.6 Å². The maximum Gasteiger partial charge on any atom is 0.0624 e. The normalized spacial score (nSPS) is 12.7. The largest absolute Gasteiger partial charge is 0.385 e. The van der Waals surface area contributed by atoms with E-state index in [9.17, 15) is 9.11 Å². The Kier molecular flexibility index (Phi) is 5.11. The molecule has 0 atom stereocenters. The molecule has 0 amide bonds. The van der Waals surface area contributed by atoms with Gasteiger partial charge in [0.25, 0.3) is 0 Å². The summed E-state index contributed by atoms with van der Waals surface area (Å²) in [6, 6.07) is 9.54. The molecule has 15 heavy (non-hydrogen) atoms. The van der Waals surface area contributed by atoms with Crippen molar-refractivity contribution in [1.29, 1.82) is 0 Å². The maximum absolute atomic E-state index is 9.78. The number of benzene rings is 1. The molecule has 0 aliphatic carbocycles. The van der Waals surface area contributed by atoms with Crippen LogP contribution in [0.2, 0.25) is 0 Å². The zero-order valence-corrected chi connectivity index (χ0v) is 9.74. The Hall–Kier alpha value is -0.550. The van der Waals surface area contributed by atoms with Crippen LogP contribution in [0, 0.1) is 0 Å². The lowest BCUT2D eigenvalue weighted by Crippen LogP contribution is -2.08. The number of hydrogen-bond donors (Lipinski definition) is 2. The van der Waals surface area contributed by atoms with Gasteiger partial charge in [0.1, 0.15) is 0 Å². The fourth-order valence-electron chi connectivity index (χ4n) is 1.35. The molecule has 4 heteroatoms. The first-order valence-electron chi connectivity index (χ1n) is 4.90. The third-order valence-corrected chi connectivity index (χ3v) is 3.80. The van der Waals surface area contributed by atoms with Crippen molar-refractivity contribution in [2.75, 3.05) is 19.5 Å². The first-order chi connectivity index (χ1) is 7.14. The summed E-state index contributed by atoms with van der Waals surface area (Å²) >= 11 is 0. The molecule has 1 rings (SSSR count). The monoisotopic (exact) mass is 230 g/mol. The number of ether oxygens (including phenoxy) is 1. The van der Waals surface area contributed by atoms with Gasteiger partial charge in [-0.15, -0.1) is 0 Å². The molecule has 86 valence electrons. The van der Waals surface area contributed by atoms with E-state index in [1.54, 1.807) is 7.11 Å². The Balaban J connectivity index is 2.42. The van der Waals surface area contributed by atoms with Crippen molar-refractivity contribution in [2.24, 2.45) is 0 Å². The van der Waals surface area contributed by atoms with E-state index in [1.807, 2.05) is 30.3 Å². The van der Waals surface area contributed by atoms with Crippen LogP contribution < -0.4 is 0 Å². The molecular weight excluding hydrogens is 212 g/mol. The summed E-state index contributed by atoms with van der Waals surface area (Å²) < 4.78 is 24.4. The van der Waals surface area contributed by atoms with E-state index in [2.05, 4.69) is 0 Å². The third-order valence-electron chi connectivity index (χ3n) is 2.06. The predicted octanol–water partition coefficient (Wildman–Crippen LogP) is 2.97. The summed E-state index contributed by atoms with van der Waals surface area (Å²) in [5.74, 6) is 0.757. The van der Waals surface area contributed by atoms with Crippen LogP contribution in [0.1, 0.15) is 12.0 Å². The van der Waals surface area contributed by atoms with Crippen LogP contribution in [0.5, 0.6) is 0 Å². The Bertz CT molecular complexity index is 274. The molecule has 0 heterocycles. The highest BCUT2D eigenvalue weighted by atomic mass is 32.3. The van der Waals surface area contributed by atoms with Gasteiger partial charge in [0.05, 0.1) is 5.75 Å². The number of hydrogen-bond acceptors (Lipinski definition) is 3. The van der Waals surface area contributed by atoms with Crippen LogP contribution in [0.15, 0.2) is 30.3 Å².